The first-order chi connectivity index (χ1) is 9.56. The smallest absolute Gasteiger partial charge is 0.243 e. The number of rotatable bonds is 4. The zero-order chi connectivity index (χ0) is 14.7. The summed E-state index contributed by atoms with van der Waals surface area (Å²) in [6.45, 7) is 2.49. The maximum atomic E-state index is 11.9. The molecule has 1 aliphatic heterocycles. The Balaban J connectivity index is 2.30. The van der Waals surface area contributed by atoms with Gasteiger partial charge in [0.15, 0.2) is 0 Å². The zero-order valence-corrected chi connectivity index (χ0v) is 12.9. The van der Waals surface area contributed by atoms with Crippen LogP contribution in [0.1, 0.15) is 24.9 Å². The van der Waals surface area contributed by atoms with Crippen molar-refractivity contribution in [1.29, 1.82) is 0 Å². The molecule has 0 spiro atoms. The van der Waals surface area contributed by atoms with Gasteiger partial charge in [-0.25, -0.2) is 0 Å². The Morgan fingerprint density at radius 3 is 2.60 bits per heavy atom. The van der Waals surface area contributed by atoms with Gasteiger partial charge in [-0.3, -0.25) is 19.8 Å². The van der Waals surface area contributed by atoms with Gasteiger partial charge in [-0.2, -0.15) is 0 Å². The molecule has 1 aromatic rings. The van der Waals surface area contributed by atoms with Gasteiger partial charge in [0.1, 0.15) is 0 Å². The van der Waals surface area contributed by atoms with E-state index in [1.165, 1.54) is 0 Å². The lowest BCUT2D eigenvalue weighted by Crippen LogP contribution is -2.59. The van der Waals surface area contributed by atoms with Crippen molar-refractivity contribution in [3.63, 3.8) is 0 Å². The number of hydrogen-bond donors (Lipinski definition) is 2. The highest BCUT2D eigenvalue weighted by atomic mass is 79.9. The third-order valence-corrected chi connectivity index (χ3v) is 4.09. The van der Waals surface area contributed by atoms with E-state index in [9.17, 15) is 9.59 Å². The van der Waals surface area contributed by atoms with Crippen LogP contribution in [0.5, 0.6) is 0 Å². The Morgan fingerprint density at radius 2 is 2.05 bits per heavy atom. The fraction of sp³-hybridized carbons (Fsp3) is 0.429. The van der Waals surface area contributed by atoms with E-state index in [-0.39, 0.29) is 30.4 Å². The topological polar surface area (TPSA) is 75.4 Å². The van der Waals surface area contributed by atoms with Crippen molar-refractivity contribution in [3.8, 4) is 0 Å². The van der Waals surface area contributed by atoms with Crippen LogP contribution < -0.4 is 11.1 Å². The summed E-state index contributed by atoms with van der Waals surface area (Å²) in [5.41, 5.74) is 6.90. The molecule has 2 atom stereocenters. The molecule has 1 aromatic carbocycles. The van der Waals surface area contributed by atoms with E-state index >= 15 is 0 Å². The van der Waals surface area contributed by atoms with E-state index in [1.54, 1.807) is 0 Å². The quantitative estimate of drug-likeness (QED) is 0.808. The van der Waals surface area contributed by atoms with Crippen molar-refractivity contribution in [2.24, 2.45) is 5.73 Å². The molecular formula is C14H18BrN3O2. The van der Waals surface area contributed by atoms with Crippen LogP contribution in [0.2, 0.25) is 0 Å². The highest BCUT2D eigenvalue weighted by Crippen LogP contribution is 2.26. The van der Waals surface area contributed by atoms with Gasteiger partial charge in [0.2, 0.25) is 11.8 Å². The van der Waals surface area contributed by atoms with E-state index in [1.807, 2.05) is 36.1 Å². The molecule has 20 heavy (non-hydrogen) atoms. The van der Waals surface area contributed by atoms with E-state index in [0.29, 0.717) is 13.0 Å². The molecule has 3 N–H and O–H groups in total. The standard InChI is InChI=1S/C14H18BrN3O2/c1-2-11-14(20)17-13(19)8-18(11)12(7-16)9-3-5-10(15)6-4-9/h3-6,11-12H,2,7-8,16H2,1H3,(H,17,19,20). The molecule has 1 heterocycles. The summed E-state index contributed by atoms with van der Waals surface area (Å²) in [7, 11) is 0. The summed E-state index contributed by atoms with van der Waals surface area (Å²) in [5, 5.41) is 2.38. The molecule has 1 aliphatic rings. The van der Waals surface area contributed by atoms with E-state index in [2.05, 4.69) is 21.2 Å². The van der Waals surface area contributed by atoms with Crippen molar-refractivity contribution in [2.75, 3.05) is 13.1 Å². The highest BCUT2D eigenvalue weighted by molar-refractivity contribution is 9.10. The van der Waals surface area contributed by atoms with Gasteiger partial charge in [0.05, 0.1) is 12.6 Å². The number of hydrogen-bond acceptors (Lipinski definition) is 4. The minimum absolute atomic E-state index is 0.136. The van der Waals surface area contributed by atoms with Gasteiger partial charge >= 0.3 is 0 Å². The average molecular weight is 340 g/mol. The van der Waals surface area contributed by atoms with Crippen LogP contribution in [-0.4, -0.2) is 35.8 Å². The monoisotopic (exact) mass is 339 g/mol. The fourth-order valence-corrected chi connectivity index (χ4v) is 2.85. The number of piperazine rings is 1. The third-order valence-electron chi connectivity index (χ3n) is 3.56. The Morgan fingerprint density at radius 1 is 1.40 bits per heavy atom. The molecule has 2 rings (SSSR count). The molecular weight excluding hydrogens is 322 g/mol. The van der Waals surface area contributed by atoms with Crippen LogP contribution in [-0.2, 0) is 9.59 Å². The summed E-state index contributed by atoms with van der Waals surface area (Å²) >= 11 is 3.39. The number of amides is 2. The van der Waals surface area contributed by atoms with Gasteiger partial charge in [-0.15, -0.1) is 0 Å². The lowest BCUT2D eigenvalue weighted by Gasteiger charge is -2.39. The van der Waals surface area contributed by atoms with Crippen LogP contribution >= 0.6 is 15.9 Å². The first kappa shape index (κ1) is 15.2. The molecule has 1 fully saturated rings. The number of nitrogens with one attached hydrogen (secondary N) is 1. The van der Waals surface area contributed by atoms with Crippen LogP contribution in [0, 0.1) is 0 Å². The Hall–Kier alpha value is -1.24. The SMILES string of the molecule is CCC1C(=O)NC(=O)CN1C(CN)c1ccc(Br)cc1. The molecule has 5 nitrogen and oxygen atoms in total. The van der Waals surface area contributed by atoms with Gasteiger partial charge in [-0.05, 0) is 24.1 Å². The summed E-state index contributed by atoms with van der Waals surface area (Å²) in [6, 6.07) is 7.35. The molecule has 0 aliphatic carbocycles. The Kier molecular flexibility index (Phi) is 4.91. The minimum atomic E-state index is -0.315. The molecule has 6 heteroatoms. The highest BCUT2D eigenvalue weighted by Gasteiger charge is 2.36. The van der Waals surface area contributed by atoms with Crippen LogP contribution in [0.3, 0.4) is 0 Å². The normalized spacial score (nSPS) is 21.6. The van der Waals surface area contributed by atoms with Crippen molar-refractivity contribution in [3.05, 3.63) is 34.3 Å². The zero-order valence-electron chi connectivity index (χ0n) is 11.3. The van der Waals surface area contributed by atoms with Gasteiger partial charge in [-0.1, -0.05) is 35.0 Å². The largest absolute Gasteiger partial charge is 0.329 e. The molecule has 108 valence electrons. The third kappa shape index (κ3) is 3.08. The molecule has 0 saturated carbocycles. The number of nitrogens with two attached hydrogens (primary N) is 1. The van der Waals surface area contributed by atoms with Crippen LogP contribution in [0.15, 0.2) is 28.7 Å². The predicted molar refractivity (Wildman–Crippen MR) is 79.9 cm³/mol. The number of halogens is 1. The maximum absolute atomic E-state index is 11.9. The number of carbonyl (C=O) groups is 2. The average Bonchev–Trinajstić information content (AvgIpc) is 2.41. The second-order valence-electron chi connectivity index (χ2n) is 4.81. The van der Waals surface area contributed by atoms with Gasteiger partial charge < -0.3 is 5.73 Å². The van der Waals surface area contributed by atoms with Gasteiger partial charge in [0.25, 0.3) is 0 Å². The number of benzene rings is 1. The van der Waals surface area contributed by atoms with E-state index in [4.69, 9.17) is 5.73 Å². The molecule has 0 bridgehead atoms. The van der Waals surface area contributed by atoms with E-state index < -0.39 is 0 Å². The van der Waals surface area contributed by atoms with Crippen LogP contribution in [0.4, 0.5) is 0 Å². The van der Waals surface area contributed by atoms with Crippen molar-refractivity contribution < 1.29 is 9.59 Å². The van der Waals surface area contributed by atoms with Gasteiger partial charge in [0, 0.05) is 17.1 Å². The lowest BCUT2D eigenvalue weighted by atomic mass is 10.00. The van der Waals surface area contributed by atoms with Crippen molar-refractivity contribution >= 4 is 27.7 Å². The number of imide groups is 1. The van der Waals surface area contributed by atoms with Crippen molar-refractivity contribution in [1.82, 2.24) is 10.2 Å². The van der Waals surface area contributed by atoms with Crippen LogP contribution in [0.25, 0.3) is 0 Å². The summed E-state index contributed by atoms with van der Waals surface area (Å²) in [4.78, 5) is 25.5. The number of nitrogens with zero attached hydrogens (tertiary/aromatic N) is 1. The molecule has 2 unspecified atom stereocenters. The fourth-order valence-electron chi connectivity index (χ4n) is 2.58. The Labute approximate surface area is 126 Å². The summed E-state index contributed by atoms with van der Waals surface area (Å²) in [5.74, 6) is -0.505. The minimum Gasteiger partial charge on any atom is -0.329 e. The molecule has 0 aromatic heterocycles. The van der Waals surface area contributed by atoms with E-state index in [0.717, 1.165) is 10.0 Å². The maximum Gasteiger partial charge on any atom is 0.243 e. The first-order valence-electron chi connectivity index (χ1n) is 6.61. The second kappa shape index (κ2) is 6.47. The molecule has 0 radical (unpaired) electrons. The second-order valence-corrected chi connectivity index (χ2v) is 5.73. The lowest BCUT2D eigenvalue weighted by molar-refractivity contribution is -0.141. The summed E-state index contributed by atoms with van der Waals surface area (Å²) < 4.78 is 0.983. The molecule has 2 amide bonds. The summed E-state index contributed by atoms with van der Waals surface area (Å²) in [6.07, 6.45) is 0.645. The number of carbonyl (C=O) groups excluding carboxylic acids is 2. The molecule has 1 saturated heterocycles. The predicted octanol–water partition coefficient (Wildman–Crippen LogP) is 1.19. The Bertz CT molecular complexity index is 504. The first-order valence-corrected chi connectivity index (χ1v) is 7.41. The van der Waals surface area contributed by atoms with Crippen molar-refractivity contribution in [2.45, 2.75) is 25.4 Å².